The lowest BCUT2D eigenvalue weighted by molar-refractivity contribution is 0.103. The lowest BCUT2D eigenvalue weighted by atomic mass is 10.3. The van der Waals surface area contributed by atoms with Crippen molar-refractivity contribution in [1.29, 1.82) is 5.26 Å². The number of rotatable bonds is 2. The fraction of sp³-hybridized carbons (Fsp3) is 0. The number of anilines is 1. The summed E-state index contributed by atoms with van der Waals surface area (Å²) < 4.78 is 0. The average molecular weight is 229 g/mol. The van der Waals surface area contributed by atoms with Crippen molar-refractivity contribution in [2.24, 2.45) is 0 Å². The molecule has 1 N–H and O–H groups in total. The lowest BCUT2D eigenvalue weighted by Crippen LogP contribution is -2.10. The summed E-state index contributed by atoms with van der Waals surface area (Å²) in [4.78, 5) is 16.1. The zero-order chi connectivity index (χ0) is 11.4. The number of carbonyl (C=O) groups is 1. The maximum Gasteiger partial charge on any atom is 0.265 e. The second kappa shape index (κ2) is 4.55. The van der Waals surface area contributed by atoms with Crippen molar-refractivity contribution < 1.29 is 4.79 Å². The first-order valence-corrected chi connectivity index (χ1v) is 5.38. The van der Waals surface area contributed by atoms with Crippen LogP contribution in [0.1, 0.15) is 15.4 Å². The van der Waals surface area contributed by atoms with Crippen LogP contribution in [0.3, 0.4) is 0 Å². The number of amides is 1. The number of carbonyl (C=O) groups excluding carboxylic acids is 1. The van der Waals surface area contributed by atoms with Crippen molar-refractivity contribution >= 4 is 22.9 Å². The van der Waals surface area contributed by atoms with E-state index >= 15 is 0 Å². The number of nitrogens with zero attached hydrogens (tertiary/aromatic N) is 2. The van der Waals surface area contributed by atoms with Gasteiger partial charge in [-0.2, -0.15) is 5.26 Å². The van der Waals surface area contributed by atoms with Gasteiger partial charge < -0.3 is 5.32 Å². The molecule has 2 aromatic rings. The predicted molar refractivity (Wildman–Crippen MR) is 61.2 cm³/mol. The van der Waals surface area contributed by atoms with E-state index in [1.807, 2.05) is 17.5 Å². The Kier molecular flexibility index (Phi) is 2.94. The van der Waals surface area contributed by atoms with Crippen molar-refractivity contribution in [3.8, 4) is 6.07 Å². The minimum absolute atomic E-state index is 0.165. The zero-order valence-corrected chi connectivity index (χ0v) is 8.99. The molecule has 0 saturated heterocycles. The monoisotopic (exact) mass is 229 g/mol. The molecule has 0 atom stereocenters. The van der Waals surface area contributed by atoms with Gasteiger partial charge in [-0.05, 0) is 23.6 Å². The summed E-state index contributed by atoms with van der Waals surface area (Å²) >= 11 is 1.37. The van der Waals surface area contributed by atoms with Gasteiger partial charge in [0.15, 0.2) is 0 Å². The topological polar surface area (TPSA) is 65.8 Å². The van der Waals surface area contributed by atoms with Gasteiger partial charge in [0, 0.05) is 0 Å². The first kappa shape index (κ1) is 10.3. The third kappa shape index (κ3) is 2.24. The molecule has 2 heterocycles. The van der Waals surface area contributed by atoms with Gasteiger partial charge in [-0.15, -0.1) is 11.3 Å². The molecule has 4 nitrogen and oxygen atoms in total. The highest BCUT2D eigenvalue weighted by Crippen LogP contribution is 2.12. The summed E-state index contributed by atoms with van der Waals surface area (Å²) in [7, 11) is 0. The average Bonchev–Trinajstić information content (AvgIpc) is 2.83. The molecule has 2 rings (SSSR count). The minimum Gasteiger partial charge on any atom is -0.320 e. The van der Waals surface area contributed by atoms with Crippen LogP contribution in [0.2, 0.25) is 0 Å². The number of nitriles is 1. The standard InChI is InChI=1S/C11H7N3OS/c12-6-8-3-4-9(7-13-8)14-11(15)10-2-1-5-16-10/h1-5,7H,(H,14,15). The summed E-state index contributed by atoms with van der Waals surface area (Å²) in [6.07, 6.45) is 1.46. The van der Waals surface area contributed by atoms with Gasteiger partial charge in [-0.3, -0.25) is 4.79 Å². The van der Waals surface area contributed by atoms with Crippen molar-refractivity contribution in [3.05, 3.63) is 46.4 Å². The van der Waals surface area contributed by atoms with E-state index in [0.29, 0.717) is 16.3 Å². The summed E-state index contributed by atoms with van der Waals surface area (Å²) in [6, 6.07) is 8.69. The Labute approximate surface area is 96.2 Å². The molecule has 0 spiro atoms. The van der Waals surface area contributed by atoms with Gasteiger partial charge in [0.05, 0.1) is 16.8 Å². The third-order valence-corrected chi connectivity index (χ3v) is 2.75. The van der Waals surface area contributed by atoms with E-state index in [9.17, 15) is 4.79 Å². The van der Waals surface area contributed by atoms with Crippen LogP contribution in [0, 0.1) is 11.3 Å². The molecule has 2 aromatic heterocycles. The Morgan fingerprint density at radius 3 is 2.88 bits per heavy atom. The van der Waals surface area contributed by atoms with E-state index in [1.165, 1.54) is 17.5 Å². The number of pyridine rings is 1. The second-order valence-corrected chi connectivity index (χ2v) is 3.92. The van der Waals surface area contributed by atoms with Crippen molar-refractivity contribution in [3.63, 3.8) is 0 Å². The molecule has 1 amide bonds. The largest absolute Gasteiger partial charge is 0.320 e. The molecular weight excluding hydrogens is 222 g/mol. The first-order valence-electron chi connectivity index (χ1n) is 4.50. The number of thiophene rings is 1. The summed E-state index contributed by atoms with van der Waals surface area (Å²) in [5, 5.41) is 13.1. The van der Waals surface area contributed by atoms with E-state index < -0.39 is 0 Å². The maximum absolute atomic E-state index is 11.6. The van der Waals surface area contributed by atoms with Gasteiger partial charge in [0.2, 0.25) is 0 Å². The highest BCUT2D eigenvalue weighted by Gasteiger charge is 2.06. The van der Waals surface area contributed by atoms with Crippen LogP contribution in [0.25, 0.3) is 0 Å². The van der Waals surface area contributed by atoms with Crippen LogP contribution in [-0.4, -0.2) is 10.9 Å². The number of hydrogen-bond donors (Lipinski definition) is 1. The molecule has 0 aliphatic rings. The third-order valence-electron chi connectivity index (χ3n) is 1.88. The molecule has 0 radical (unpaired) electrons. The number of aromatic nitrogens is 1. The van der Waals surface area contributed by atoms with Gasteiger partial charge in [0.1, 0.15) is 11.8 Å². The molecule has 0 unspecified atom stereocenters. The van der Waals surface area contributed by atoms with Gasteiger partial charge in [0.25, 0.3) is 5.91 Å². The molecule has 78 valence electrons. The Morgan fingerprint density at radius 2 is 2.31 bits per heavy atom. The molecule has 5 heteroatoms. The fourth-order valence-electron chi connectivity index (χ4n) is 1.13. The first-order chi connectivity index (χ1) is 7.79. The van der Waals surface area contributed by atoms with E-state index in [4.69, 9.17) is 5.26 Å². The van der Waals surface area contributed by atoms with Crippen LogP contribution in [0.4, 0.5) is 5.69 Å². The smallest absolute Gasteiger partial charge is 0.265 e. The Morgan fingerprint density at radius 1 is 1.44 bits per heavy atom. The van der Waals surface area contributed by atoms with Crippen LogP contribution in [0.5, 0.6) is 0 Å². The van der Waals surface area contributed by atoms with Crippen LogP contribution >= 0.6 is 11.3 Å². The van der Waals surface area contributed by atoms with Crippen molar-refractivity contribution in [2.75, 3.05) is 5.32 Å². The molecule has 0 aromatic carbocycles. The molecule has 16 heavy (non-hydrogen) atoms. The lowest BCUT2D eigenvalue weighted by Gasteiger charge is -2.02. The minimum atomic E-state index is -0.165. The number of nitrogens with one attached hydrogen (secondary N) is 1. The molecule has 0 saturated carbocycles. The summed E-state index contributed by atoms with van der Waals surface area (Å²) in [6.45, 7) is 0. The van der Waals surface area contributed by atoms with Gasteiger partial charge in [-0.1, -0.05) is 6.07 Å². The van der Waals surface area contributed by atoms with Crippen LogP contribution in [-0.2, 0) is 0 Å². The fourth-order valence-corrected chi connectivity index (χ4v) is 1.75. The van der Waals surface area contributed by atoms with Crippen LogP contribution < -0.4 is 5.32 Å². The molecule has 0 aliphatic carbocycles. The highest BCUT2D eigenvalue weighted by atomic mass is 32.1. The van der Waals surface area contributed by atoms with Gasteiger partial charge >= 0.3 is 0 Å². The molecule has 0 bridgehead atoms. The number of hydrogen-bond acceptors (Lipinski definition) is 4. The maximum atomic E-state index is 11.6. The van der Waals surface area contributed by atoms with Crippen molar-refractivity contribution in [1.82, 2.24) is 4.98 Å². The van der Waals surface area contributed by atoms with E-state index in [-0.39, 0.29) is 5.91 Å². The van der Waals surface area contributed by atoms with E-state index in [0.717, 1.165) is 0 Å². The van der Waals surface area contributed by atoms with Crippen molar-refractivity contribution in [2.45, 2.75) is 0 Å². The Bertz CT molecular complexity index is 525. The normalized spacial score (nSPS) is 9.44. The SMILES string of the molecule is N#Cc1ccc(NC(=O)c2cccs2)cn1. The molecule has 0 aliphatic heterocycles. The second-order valence-electron chi connectivity index (χ2n) is 2.98. The Balaban J connectivity index is 2.10. The molecule has 0 fully saturated rings. The Hall–Kier alpha value is -2.19. The van der Waals surface area contributed by atoms with Crippen LogP contribution in [0.15, 0.2) is 35.8 Å². The summed E-state index contributed by atoms with van der Waals surface area (Å²) in [5.74, 6) is -0.165. The van der Waals surface area contributed by atoms with E-state index in [2.05, 4.69) is 10.3 Å². The predicted octanol–water partition coefficient (Wildman–Crippen LogP) is 2.27. The quantitative estimate of drug-likeness (QED) is 0.859. The zero-order valence-electron chi connectivity index (χ0n) is 8.18. The van der Waals surface area contributed by atoms with Gasteiger partial charge in [-0.25, -0.2) is 4.98 Å². The van der Waals surface area contributed by atoms with E-state index in [1.54, 1.807) is 18.2 Å². The highest BCUT2D eigenvalue weighted by molar-refractivity contribution is 7.12. The summed E-state index contributed by atoms with van der Waals surface area (Å²) in [5.41, 5.74) is 0.909. The molecular formula is C11H7N3OS.